The maximum absolute atomic E-state index is 13.1. The van der Waals surface area contributed by atoms with Crippen LogP contribution < -0.4 is 0 Å². The summed E-state index contributed by atoms with van der Waals surface area (Å²) in [4.78, 5) is 16.1. The molecule has 2 rings (SSSR count). The summed E-state index contributed by atoms with van der Waals surface area (Å²) in [5.41, 5.74) is 2.33. The number of aromatic nitrogens is 1. The fourth-order valence-electron chi connectivity index (χ4n) is 1.64. The van der Waals surface area contributed by atoms with E-state index in [2.05, 4.69) is 4.98 Å². The van der Waals surface area contributed by atoms with Gasteiger partial charge in [-0.25, -0.2) is 4.39 Å². The number of aryl methyl sites for hydroxylation is 2. The van der Waals surface area contributed by atoms with Gasteiger partial charge in [-0.2, -0.15) is 0 Å². The van der Waals surface area contributed by atoms with Gasteiger partial charge in [0, 0.05) is 23.0 Å². The number of carbonyl (C=O) groups excluding carboxylic acids is 1. The summed E-state index contributed by atoms with van der Waals surface area (Å²) in [5, 5.41) is 0. The first-order valence-electron chi connectivity index (χ1n) is 5.31. The van der Waals surface area contributed by atoms with Crippen LogP contribution in [0.2, 0.25) is 0 Å². The zero-order valence-electron chi connectivity index (χ0n) is 9.70. The summed E-state index contributed by atoms with van der Waals surface area (Å²) in [6, 6.07) is 7.76. The Morgan fingerprint density at radius 1 is 1.12 bits per heavy atom. The van der Waals surface area contributed by atoms with Crippen molar-refractivity contribution in [3.63, 3.8) is 0 Å². The van der Waals surface area contributed by atoms with Crippen LogP contribution in [0.1, 0.15) is 27.2 Å². The van der Waals surface area contributed by atoms with Crippen molar-refractivity contribution in [1.29, 1.82) is 0 Å². The molecule has 2 nitrogen and oxygen atoms in total. The quantitative estimate of drug-likeness (QED) is 0.741. The topological polar surface area (TPSA) is 30.0 Å². The summed E-state index contributed by atoms with van der Waals surface area (Å²) in [7, 11) is 0. The van der Waals surface area contributed by atoms with Crippen LogP contribution in [-0.4, -0.2) is 10.8 Å². The maximum Gasteiger partial charge on any atom is 0.193 e. The molecule has 0 N–H and O–H groups in total. The summed E-state index contributed by atoms with van der Waals surface area (Å²) < 4.78 is 13.1. The molecule has 1 aromatic heterocycles. The van der Waals surface area contributed by atoms with E-state index in [1.165, 1.54) is 12.1 Å². The molecule has 0 aliphatic carbocycles. The monoisotopic (exact) mass is 229 g/mol. The van der Waals surface area contributed by atoms with Crippen LogP contribution in [-0.2, 0) is 0 Å². The third-order valence-electron chi connectivity index (χ3n) is 2.58. The molecule has 17 heavy (non-hydrogen) atoms. The van der Waals surface area contributed by atoms with Crippen molar-refractivity contribution in [3.8, 4) is 0 Å². The van der Waals surface area contributed by atoms with Crippen molar-refractivity contribution < 1.29 is 9.18 Å². The molecule has 0 radical (unpaired) electrons. The largest absolute Gasteiger partial charge is 0.289 e. The van der Waals surface area contributed by atoms with Gasteiger partial charge in [0.25, 0.3) is 0 Å². The number of nitrogens with zero attached hydrogens (tertiary/aromatic N) is 1. The van der Waals surface area contributed by atoms with Crippen molar-refractivity contribution in [2.24, 2.45) is 0 Å². The second-order valence-electron chi connectivity index (χ2n) is 3.98. The average Bonchev–Trinajstić information content (AvgIpc) is 2.32. The minimum atomic E-state index is -0.299. The van der Waals surface area contributed by atoms with Crippen LogP contribution in [0.5, 0.6) is 0 Å². The SMILES string of the molecule is Cc1cc(C(=O)c2ccc(F)c(C)c2)ccn1. The molecule has 0 fully saturated rings. The third-order valence-corrected chi connectivity index (χ3v) is 2.58. The maximum atomic E-state index is 13.1. The molecule has 86 valence electrons. The average molecular weight is 229 g/mol. The number of hydrogen-bond donors (Lipinski definition) is 0. The Hall–Kier alpha value is -2.03. The standard InChI is InChI=1S/C14H12FNO/c1-9-7-11(3-4-13(9)15)14(17)12-5-6-16-10(2)8-12/h3-8H,1-2H3. The second kappa shape index (κ2) is 4.45. The summed E-state index contributed by atoms with van der Waals surface area (Å²) in [5.74, 6) is -0.411. The fourth-order valence-corrected chi connectivity index (χ4v) is 1.64. The van der Waals surface area contributed by atoms with Gasteiger partial charge in [0.15, 0.2) is 5.78 Å². The highest BCUT2D eigenvalue weighted by Gasteiger charge is 2.10. The molecular weight excluding hydrogens is 217 g/mol. The van der Waals surface area contributed by atoms with Crippen molar-refractivity contribution in [3.05, 3.63) is 64.7 Å². The number of carbonyl (C=O) groups is 1. The number of benzene rings is 1. The molecule has 0 saturated carbocycles. The van der Waals surface area contributed by atoms with Gasteiger partial charge in [0.05, 0.1) is 0 Å². The van der Waals surface area contributed by atoms with E-state index < -0.39 is 0 Å². The highest BCUT2D eigenvalue weighted by molar-refractivity contribution is 6.09. The lowest BCUT2D eigenvalue weighted by atomic mass is 10.0. The van der Waals surface area contributed by atoms with Gasteiger partial charge < -0.3 is 0 Å². The van der Waals surface area contributed by atoms with Crippen LogP contribution >= 0.6 is 0 Å². The molecule has 2 aromatic rings. The molecule has 0 aliphatic rings. The lowest BCUT2D eigenvalue weighted by Gasteiger charge is -2.03. The van der Waals surface area contributed by atoms with Gasteiger partial charge >= 0.3 is 0 Å². The summed E-state index contributed by atoms with van der Waals surface area (Å²) >= 11 is 0. The Balaban J connectivity index is 2.40. The van der Waals surface area contributed by atoms with Crippen molar-refractivity contribution in [2.45, 2.75) is 13.8 Å². The van der Waals surface area contributed by atoms with Crippen LogP contribution in [0.3, 0.4) is 0 Å². The number of rotatable bonds is 2. The van der Waals surface area contributed by atoms with Gasteiger partial charge in [-0.1, -0.05) is 0 Å². The first kappa shape index (κ1) is 11.5. The number of hydrogen-bond acceptors (Lipinski definition) is 2. The van der Waals surface area contributed by atoms with Gasteiger partial charge in [-0.05, 0) is 49.7 Å². The molecule has 0 atom stereocenters. The predicted octanol–water partition coefficient (Wildman–Crippen LogP) is 3.07. The van der Waals surface area contributed by atoms with Crippen LogP contribution in [0.4, 0.5) is 4.39 Å². The van der Waals surface area contributed by atoms with E-state index in [0.717, 1.165) is 5.69 Å². The number of pyridine rings is 1. The zero-order chi connectivity index (χ0) is 12.4. The first-order chi connectivity index (χ1) is 8.08. The van der Waals surface area contributed by atoms with Crippen molar-refractivity contribution >= 4 is 5.78 Å². The van der Waals surface area contributed by atoms with E-state index in [1.54, 1.807) is 31.3 Å². The van der Waals surface area contributed by atoms with Crippen molar-refractivity contribution in [1.82, 2.24) is 4.98 Å². The molecule has 3 heteroatoms. The molecule has 0 spiro atoms. The Labute approximate surface area is 99.1 Å². The van der Waals surface area contributed by atoms with E-state index >= 15 is 0 Å². The molecule has 0 bridgehead atoms. The Morgan fingerprint density at radius 3 is 2.47 bits per heavy atom. The van der Waals surface area contributed by atoms with Gasteiger partial charge in [-0.3, -0.25) is 9.78 Å². The van der Waals surface area contributed by atoms with Crippen LogP contribution in [0.25, 0.3) is 0 Å². The van der Waals surface area contributed by atoms with E-state index in [9.17, 15) is 9.18 Å². The Morgan fingerprint density at radius 2 is 1.82 bits per heavy atom. The Kier molecular flexibility index (Phi) is 3.00. The summed E-state index contributed by atoms with van der Waals surface area (Å²) in [6.07, 6.45) is 1.60. The lowest BCUT2D eigenvalue weighted by molar-refractivity contribution is 0.103. The molecule has 0 amide bonds. The third kappa shape index (κ3) is 2.38. The molecule has 0 unspecified atom stereocenters. The van der Waals surface area contributed by atoms with Crippen LogP contribution in [0.15, 0.2) is 36.5 Å². The van der Waals surface area contributed by atoms with E-state index in [-0.39, 0.29) is 11.6 Å². The highest BCUT2D eigenvalue weighted by Crippen LogP contribution is 2.14. The minimum absolute atomic E-state index is 0.112. The van der Waals surface area contributed by atoms with E-state index in [4.69, 9.17) is 0 Å². The van der Waals surface area contributed by atoms with E-state index in [0.29, 0.717) is 16.7 Å². The molecule has 0 saturated heterocycles. The van der Waals surface area contributed by atoms with Gasteiger partial charge in [0.2, 0.25) is 0 Å². The number of halogens is 1. The second-order valence-corrected chi connectivity index (χ2v) is 3.98. The molecule has 0 aliphatic heterocycles. The fraction of sp³-hybridized carbons (Fsp3) is 0.143. The number of ketones is 1. The minimum Gasteiger partial charge on any atom is -0.289 e. The molecule has 1 heterocycles. The normalized spacial score (nSPS) is 10.3. The predicted molar refractivity (Wildman–Crippen MR) is 63.5 cm³/mol. The zero-order valence-corrected chi connectivity index (χ0v) is 9.70. The highest BCUT2D eigenvalue weighted by atomic mass is 19.1. The molecular formula is C14H12FNO. The van der Waals surface area contributed by atoms with Crippen molar-refractivity contribution in [2.75, 3.05) is 0 Å². The van der Waals surface area contributed by atoms with Gasteiger partial charge in [-0.15, -0.1) is 0 Å². The molecule has 1 aromatic carbocycles. The smallest absolute Gasteiger partial charge is 0.193 e. The van der Waals surface area contributed by atoms with Crippen LogP contribution in [0, 0.1) is 19.7 Å². The lowest BCUT2D eigenvalue weighted by Crippen LogP contribution is -2.03. The first-order valence-corrected chi connectivity index (χ1v) is 5.31. The van der Waals surface area contributed by atoms with Gasteiger partial charge in [0.1, 0.15) is 5.82 Å². The summed E-state index contributed by atoms with van der Waals surface area (Å²) in [6.45, 7) is 3.47. The Bertz CT molecular complexity index is 578. The van der Waals surface area contributed by atoms with E-state index in [1.807, 2.05) is 6.92 Å².